The zero-order chi connectivity index (χ0) is 14.9. The van der Waals surface area contributed by atoms with Crippen molar-refractivity contribution in [3.05, 3.63) is 48.1 Å². The maximum atomic E-state index is 11.4. The second-order valence-corrected chi connectivity index (χ2v) is 5.69. The number of aromatic nitrogens is 2. The number of carbonyl (C=O) groups excluding carboxylic acids is 1. The lowest BCUT2D eigenvalue weighted by atomic mass is 10.1. The van der Waals surface area contributed by atoms with E-state index in [1.807, 2.05) is 35.7 Å². The molecule has 1 N–H and O–H groups in total. The molecule has 2 aromatic heterocycles. The van der Waals surface area contributed by atoms with Crippen molar-refractivity contribution in [2.75, 3.05) is 11.9 Å². The van der Waals surface area contributed by atoms with Crippen molar-refractivity contribution in [1.82, 2.24) is 9.97 Å². The molecule has 0 saturated carbocycles. The summed E-state index contributed by atoms with van der Waals surface area (Å²) in [5.74, 6) is 0.546. The van der Waals surface area contributed by atoms with Gasteiger partial charge >= 0.3 is 0 Å². The van der Waals surface area contributed by atoms with Crippen molar-refractivity contribution in [2.24, 2.45) is 0 Å². The Morgan fingerprint density at radius 3 is 3.05 bits per heavy atom. The number of thiazole rings is 1. The monoisotopic (exact) mass is 309 g/mol. The quantitative estimate of drug-likeness (QED) is 0.789. The Morgan fingerprint density at radius 1 is 1.23 bits per heavy atom. The van der Waals surface area contributed by atoms with Crippen molar-refractivity contribution < 1.29 is 9.53 Å². The number of ether oxygens (including phenoxy) is 1. The molecule has 0 saturated heterocycles. The Hall–Kier alpha value is -2.73. The SMILES string of the molecule is O=C1COc2ccc(-c3csc(-c4cccnc4)n3)cc2N1. The summed E-state index contributed by atoms with van der Waals surface area (Å²) in [4.78, 5) is 20.2. The molecule has 0 spiro atoms. The number of rotatable bonds is 2. The number of amides is 1. The van der Waals surface area contributed by atoms with Crippen molar-refractivity contribution in [3.63, 3.8) is 0 Å². The highest BCUT2D eigenvalue weighted by Gasteiger charge is 2.17. The Balaban J connectivity index is 1.70. The van der Waals surface area contributed by atoms with E-state index < -0.39 is 0 Å². The molecule has 3 heterocycles. The third-order valence-corrected chi connectivity index (χ3v) is 4.21. The van der Waals surface area contributed by atoms with Gasteiger partial charge in [-0.05, 0) is 30.3 Å². The lowest BCUT2D eigenvalue weighted by Crippen LogP contribution is -2.25. The van der Waals surface area contributed by atoms with Gasteiger partial charge in [0.15, 0.2) is 6.61 Å². The number of pyridine rings is 1. The maximum Gasteiger partial charge on any atom is 0.262 e. The van der Waals surface area contributed by atoms with Crippen molar-refractivity contribution in [3.8, 4) is 27.6 Å². The van der Waals surface area contributed by atoms with Gasteiger partial charge in [0, 0.05) is 28.9 Å². The topological polar surface area (TPSA) is 64.1 Å². The second-order valence-electron chi connectivity index (χ2n) is 4.83. The van der Waals surface area contributed by atoms with Gasteiger partial charge in [-0.1, -0.05) is 0 Å². The molecule has 0 atom stereocenters. The number of hydrogen-bond acceptors (Lipinski definition) is 5. The molecule has 3 aromatic rings. The van der Waals surface area contributed by atoms with Crippen molar-refractivity contribution >= 4 is 22.9 Å². The highest BCUT2D eigenvalue weighted by Crippen LogP contribution is 2.34. The van der Waals surface area contributed by atoms with Crippen LogP contribution in [0, 0.1) is 0 Å². The van der Waals surface area contributed by atoms with E-state index >= 15 is 0 Å². The molecular weight excluding hydrogens is 298 g/mol. The number of fused-ring (bicyclic) bond motifs is 1. The average molecular weight is 309 g/mol. The lowest BCUT2D eigenvalue weighted by Gasteiger charge is -2.18. The Kier molecular flexibility index (Phi) is 3.08. The van der Waals surface area contributed by atoms with Gasteiger partial charge in [-0.25, -0.2) is 4.98 Å². The fraction of sp³-hybridized carbons (Fsp3) is 0.0625. The standard InChI is InChI=1S/C16H11N3O2S/c20-15-8-21-14-4-3-10(6-12(14)18-15)13-9-22-16(19-13)11-2-1-5-17-7-11/h1-7,9H,8H2,(H,18,20). The molecule has 0 bridgehead atoms. The molecule has 0 fully saturated rings. The summed E-state index contributed by atoms with van der Waals surface area (Å²) in [6, 6.07) is 9.55. The molecule has 5 nitrogen and oxygen atoms in total. The van der Waals surface area contributed by atoms with E-state index in [0.29, 0.717) is 11.4 Å². The van der Waals surface area contributed by atoms with E-state index in [-0.39, 0.29) is 12.5 Å². The fourth-order valence-corrected chi connectivity index (χ4v) is 3.09. The lowest BCUT2D eigenvalue weighted by molar-refractivity contribution is -0.118. The van der Waals surface area contributed by atoms with Gasteiger partial charge < -0.3 is 10.1 Å². The fourth-order valence-electron chi connectivity index (χ4n) is 2.27. The van der Waals surface area contributed by atoms with Gasteiger partial charge in [-0.3, -0.25) is 9.78 Å². The molecule has 1 aliphatic heterocycles. The molecule has 22 heavy (non-hydrogen) atoms. The molecule has 1 amide bonds. The third-order valence-electron chi connectivity index (χ3n) is 3.32. The normalized spacial score (nSPS) is 13.2. The van der Waals surface area contributed by atoms with Gasteiger partial charge in [0.2, 0.25) is 0 Å². The van der Waals surface area contributed by atoms with Crippen LogP contribution in [0.3, 0.4) is 0 Å². The minimum Gasteiger partial charge on any atom is -0.482 e. The Morgan fingerprint density at radius 2 is 2.18 bits per heavy atom. The van der Waals surface area contributed by atoms with Gasteiger partial charge in [-0.15, -0.1) is 11.3 Å². The van der Waals surface area contributed by atoms with Crippen LogP contribution in [-0.4, -0.2) is 22.5 Å². The molecule has 0 aliphatic carbocycles. The number of carbonyl (C=O) groups is 1. The summed E-state index contributed by atoms with van der Waals surface area (Å²) < 4.78 is 5.36. The molecule has 1 aromatic carbocycles. The predicted octanol–water partition coefficient (Wildman–Crippen LogP) is 3.20. The van der Waals surface area contributed by atoms with Crippen LogP contribution in [0.2, 0.25) is 0 Å². The molecule has 108 valence electrons. The van der Waals surface area contributed by atoms with Crippen LogP contribution in [0.5, 0.6) is 5.75 Å². The van der Waals surface area contributed by atoms with Crippen LogP contribution in [0.15, 0.2) is 48.1 Å². The maximum absolute atomic E-state index is 11.4. The van der Waals surface area contributed by atoms with E-state index in [9.17, 15) is 4.79 Å². The summed E-state index contributed by atoms with van der Waals surface area (Å²) in [6.07, 6.45) is 3.54. The second kappa shape index (κ2) is 5.23. The number of anilines is 1. The molecule has 6 heteroatoms. The van der Waals surface area contributed by atoms with Crippen LogP contribution in [0.25, 0.3) is 21.8 Å². The first-order chi connectivity index (χ1) is 10.8. The zero-order valence-electron chi connectivity index (χ0n) is 11.4. The third kappa shape index (κ3) is 2.33. The first-order valence-electron chi connectivity index (χ1n) is 6.72. The van der Waals surface area contributed by atoms with Gasteiger partial charge in [0.25, 0.3) is 5.91 Å². The van der Waals surface area contributed by atoms with E-state index in [4.69, 9.17) is 4.74 Å². The molecule has 0 unspecified atom stereocenters. The average Bonchev–Trinajstić information content (AvgIpc) is 3.05. The van der Waals surface area contributed by atoms with Crippen LogP contribution in [-0.2, 0) is 4.79 Å². The molecule has 4 rings (SSSR count). The zero-order valence-corrected chi connectivity index (χ0v) is 12.3. The van der Waals surface area contributed by atoms with Gasteiger partial charge in [-0.2, -0.15) is 0 Å². The Bertz CT molecular complexity index is 846. The van der Waals surface area contributed by atoms with Crippen molar-refractivity contribution in [1.29, 1.82) is 0 Å². The number of nitrogens with zero attached hydrogens (tertiary/aromatic N) is 2. The summed E-state index contributed by atoms with van der Waals surface area (Å²) in [5, 5.41) is 5.72. The molecule has 0 radical (unpaired) electrons. The Labute approximate surface area is 130 Å². The first-order valence-corrected chi connectivity index (χ1v) is 7.60. The van der Waals surface area contributed by atoms with Gasteiger partial charge in [0.05, 0.1) is 11.4 Å². The van der Waals surface area contributed by atoms with E-state index in [1.54, 1.807) is 23.7 Å². The summed E-state index contributed by atoms with van der Waals surface area (Å²) in [7, 11) is 0. The summed E-state index contributed by atoms with van der Waals surface area (Å²) in [5.41, 5.74) is 3.49. The van der Waals surface area contributed by atoms with Crippen LogP contribution in [0.4, 0.5) is 5.69 Å². The van der Waals surface area contributed by atoms with Gasteiger partial charge in [0.1, 0.15) is 10.8 Å². The number of hydrogen-bond donors (Lipinski definition) is 1. The minimum absolute atomic E-state index is 0.0637. The minimum atomic E-state index is -0.140. The van der Waals surface area contributed by atoms with Crippen LogP contribution in [0.1, 0.15) is 0 Å². The number of nitrogens with one attached hydrogen (secondary N) is 1. The molecular formula is C16H11N3O2S. The largest absolute Gasteiger partial charge is 0.482 e. The predicted molar refractivity (Wildman–Crippen MR) is 84.9 cm³/mol. The van der Waals surface area contributed by atoms with Crippen molar-refractivity contribution in [2.45, 2.75) is 0 Å². The summed E-state index contributed by atoms with van der Waals surface area (Å²) in [6.45, 7) is 0.0637. The van der Waals surface area contributed by atoms with E-state index in [2.05, 4.69) is 15.3 Å². The summed E-state index contributed by atoms with van der Waals surface area (Å²) >= 11 is 1.57. The van der Waals surface area contributed by atoms with Crippen LogP contribution >= 0.6 is 11.3 Å². The smallest absolute Gasteiger partial charge is 0.262 e. The van der Waals surface area contributed by atoms with E-state index in [1.165, 1.54) is 0 Å². The number of benzene rings is 1. The highest BCUT2D eigenvalue weighted by atomic mass is 32.1. The highest BCUT2D eigenvalue weighted by molar-refractivity contribution is 7.13. The van der Waals surface area contributed by atoms with Crippen LogP contribution < -0.4 is 10.1 Å². The van der Waals surface area contributed by atoms with E-state index in [0.717, 1.165) is 21.8 Å². The molecule has 1 aliphatic rings. The first kappa shape index (κ1) is 13.0.